The lowest BCUT2D eigenvalue weighted by molar-refractivity contribution is -0.274. The van der Waals surface area contributed by atoms with Gasteiger partial charge in [-0.3, -0.25) is 0 Å². The Kier molecular flexibility index (Phi) is 6.43. The lowest BCUT2D eigenvalue weighted by Crippen LogP contribution is -2.50. The van der Waals surface area contributed by atoms with Crippen LogP contribution in [0.2, 0.25) is 0 Å². The Bertz CT molecular complexity index is 884. The molecule has 162 valence electrons. The maximum Gasteiger partial charge on any atom is 0.573 e. The minimum atomic E-state index is -4.84. The van der Waals surface area contributed by atoms with Crippen molar-refractivity contribution in [2.75, 3.05) is 50.6 Å². The van der Waals surface area contributed by atoms with Gasteiger partial charge in [0, 0.05) is 32.2 Å². The predicted octanol–water partition coefficient (Wildman–Crippen LogP) is 3.96. The molecule has 10 heteroatoms. The Labute approximate surface area is 171 Å². The number of benzene rings is 2. The van der Waals surface area contributed by atoms with Gasteiger partial charge in [-0.25, -0.2) is 4.79 Å². The largest absolute Gasteiger partial charge is 0.573 e. The van der Waals surface area contributed by atoms with Crippen LogP contribution in [0.4, 0.5) is 29.3 Å². The highest BCUT2D eigenvalue weighted by Crippen LogP contribution is 2.33. The van der Waals surface area contributed by atoms with E-state index in [1.807, 2.05) is 12.1 Å². The van der Waals surface area contributed by atoms with Crippen molar-refractivity contribution in [2.45, 2.75) is 6.36 Å². The molecule has 7 nitrogen and oxygen atoms in total. The van der Waals surface area contributed by atoms with Crippen LogP contribution in [-0.2, 0) is 0 Å². The van der Waals surface area contributed by atoms with E-state index in [0.717, 1.165) is 11.8 Å². The summed E-state index contributed by atoms with van der Waals surface area (Å²) in [4.78, 5) is 16.2. The smallest absolute Gasteiger partial charge is 0.497 e. The van der Waals surface area contributed by atoms with E-state index >= 15 is 0 Å². The minimum absolute atomic E-state index is 0.0425. The molecule has 0 radical (unpaired) electrons. The van der Waals surface area contributed by atoms with E-state index in [-0.39, 0.29) is 5.69 Å². The topological polar surface area (TPSA) is 63.3 Å². The number of carbonyl (C=O) groups is 1. The third-order valence-electron chi connectivity index (χ3n) is 4.65. The minimum Gasteiger partial charge on any atom is -0.497 e. The number of piperazine rings is 1. The van der Waals surface area contributed by atoms with E-state index in [2.05, 4.69) is 15.0 Å². The van der Waals surface area contributed by atoms with Crippen LogP contribution in [0.15, 0.2) is 42.5 Å². The molecule has 2 aromatic carbocycles. The van der Waals surface area contributed by atoms with Crippen molar-refractivity contribution in [1.82, 2.24) is 4.90 Å². The van der Waals surface area contributed by atoms with Crippen molar-refractivity contribution in [2.24, 2.45) is 0 Å². The molecular formula is C20H22F3N3O4. The average molecular weight is 425 g/mol. The van der Waals surface area contributed by atoms with Crippen LogP contribution in [0.5, 0.6) is 17.2 Å². The number of alkyl halides is 3. The van der Waals surface area contributed by atoms with Gasteiger partial charge in [-0.05, 0) is 24.3 Å². The third-order valence-corrected chi connectivity index (χ3v) is 4.65. The van der Waals surface area contributed by atoms with E-state index < -0.39 is 18.1 Å². The second-order valence-electron chi connectivity index (χ2n) is 6.49. The number of methoxy groups -OCH3 is 2. The van der Waals surface area contributed by atoms with Crippen LogP contribution in [0, 0.1) is 0 Å². The molecule has 1 heterocycles. The fraction of sp³-hybridized carbons (Fsp3) is 0.350. The summed E-state index contributed by atoms with van der Waals surface area (Å²) in [5, 5.41) is 2.50. The lowest BCUT2D eigenvalue weighted by atomic mass is 10.2. The predicted molar refractivity (Wildman–Crippen MR) is 105 cm³/mol. The van der Waals surface area contributed by atoms with Crippen LogP contribution >= 0.6 is 0 Å². The number of nitrogens with one attached hydrogen (secondary N) is 1. The molecule has 0 aliphatic carbocycles. The molecule has 1 N–H and O–H groups in total. The average Bonchev–Trinajstić information content (AvgIpc) is 2.73. The molecule has 1 saturated heterocycles. The Hall–Kier alpha value is -3.30. The maximum absolute atomic E-state index is 12.6. The number of hydrogen-bond donors (Lipinski definition) is 1. The number of halogens is 3. The zero-order valence-corrected chi connectivity index (χ0v) is 16.5. The van der Waals surface area contributed by atoms with Crippen molar-refractivity contribution in [3.63, 3.8) is 0 Å². The van der Waals surface area contributed by atoms with Gasteiger partial charge in [0.1, 0.15) is 11.5 Å². The van der Waals surface area contributed by atoms with Gasteiger partial charge in [-0.2, -0.15) is 0 Å². The van der Waals surface area contributed by atoms with E-state index in [4.69, 9.17) is 9.47 Å². The molecule has 3 rings (SSSR count). The first-order chi connectivity index (χ1) is 14.3. The van der Waals surface area contributed by atoms with Gasteiger partial charge in [-0.15, -0.1) is 13.2 Å². The second kappa shape index (κ2) is 9.02. The fourth-order valence-electron chi connectivity index (χ4n) is 3.17. The Balaban J connectivity index is 1.63. The molecule has 0 aromatic heterocycles. The van der Waals surface area contributed by atoms with Crippen molar-refractivity contribution in [3.05, 3.63) is 42.5 Å². The number of carbonyl (C=O) groups excluding carboxylic acids is 1. The van der Waals surface area contributed by atoms with Gasteiger partial charge in [0.2, 0.25) is 0 Å². The summed E-state index contributed by atoms with van der Waals surface area (Å²) < 4.78 is 52.3. The van der Waals surface area contributed by atoms with Crippen LogP contribution in [0.3, 0.4) is 0 Å². The number of hydrogen-bond acceptors (Lipinski definition) is 5. The maximum atomic E-state index is 12.6. The van der Waals surface area contributed by atoms with Crippen LogP contribution < -0.4 is 24.4 Å². The van der Waals surface area contributed by atoms with Crippen molar-refractivity contribution < 1.29 is 32.2 Å². The van der Waals surface area contributed by atoms with Crippen LogP contribution in [0.25, 0.3) is 0 Å². The van der Waals surface area contributed by atoms with E-state index in [9.17, 15) is 18.0 Å². The zero-order chi connectivity index (χ0) is 21.7. The molecule has 0 spiro atoms. The highest BCUT2D eigenvalue weighted by Gasteiger charge is 2.32. The molecule has 1 aliphatic heterocycles. The van der Waals surface area contributed by atoms with Crippen LogP contribution in [0.1, 0.15) is 0 Å². The fourth-order valence-corrected chi connectivity index (χ4v) is 3.17. The van der Waals surface area contributed by atoms with Gasteiger partial charge in [0.05, 0.1) is 25.6 Å². The van der Waals surface area contributed by atoms with Crippen LogP contribution in [-0.4, -0.2) is 57.7 Å². The van der Waals surface area contributed by atoms with E-state index in [0.29, 0.717) is 37.7 Å². The number of anilines is 2. The van der Waals surface area contributed by atoms with Gasteiger partial charge in [0.15, 0.2) is 5.75 Å². The third kappa shape index (κ3) is 5.19. The molecule has 2 aromatic rings. The van der Waals surface area contributed by atoms with Gasteiger partial charge in [0.25, 0.3) is 0 Å². The number of amides is 2. The summed E-state index contributed by atoms with van der Waals surface area (Å²) in [5.74, 6) is 0.874. The molecule has 30 heavy (non-hydrogen) atoms. The highest BCUT2D eigenvalue weighted by atomic mass is 19.4. The first kappa shape index (κ1) is 21.4. The van der Waals surface area contributed by atoms with Crippen molar-refractivity contribution in [3.8, 4) is 17.2 Å². The van der Waals surface area contributed by atoms with Gasteiger partial charge < -0.3 is 29.3 Å². The molecule has 1 aliphatic rings. The summed E-state index contributed by atoms with van der Waals surface area (Å²) in [5.41, 5.74) is 0.835. The summed E-state index contributed by atoms with van der Waals surface area (Å²) in [6.45, 7) is 1.86. The SMILES string of the molecule is COc1ccc(N2CCN(C(=O)Nc3ccccc3OC(F)(F)F)CC2)c(OC)c1. The second-order valence-corrected chi connectivity index (χ2v) is 6.49. The Morgan fingerprint density at radius 3 is 2.30 bits per heavy atom. The molecule has 0 atom stereocenters. The van der Waals surface area contributed by atoms with Gasteiger partial charge in [-0.1, -0.05) is 12.1 Å². The number of rotatable bonds is 5. The quantitative estimate of drug-likeness (QED) is 0.786. The first-order valence-corrected chi connectivity index (χ1v) is 9.18. The number of ether oxygens (including phenoxy) is 3. The summed E-state index contributed by atoms with van der Waals surface area (Å²) in [6.07, 6.45) is -4.84. The molecule has 0 unspecified atom stereocenters. The van der Waals surface area contributed by atoms with E-state index in [1.54, 1.807) is 20.3 Å². The molecular weight excluding hydrogens is 403 g/mol. The highest BCUT2D eigenvalue weighted by molar-refractivity contribution is 5.91. The number of nitrogens with zero attached hydrogens (tertiary/aromatic N) is 2. The standard InChI is InChI=1S/C20H22F3N3O4/c1-28-14-7-8-16(18(13-14)29-2)25-9-11-26(12-10-25)19(27)24-15-5-3-4-6-17(15)30-20(21,22)23/h3-8,13H,9-12H2,1-2H3,(H,24,27). The van der Waals surface area contributed by atoms with E-state index in [1.165, 1.54) is 23.1 Å². The van der Waals surface area contributed by atoms with Crippen molar-refractivity contribution >= 4 is 17.4 Å². The summed E-state index contributed by atoms with van der Waals surface area (Å²) >= 11 is 0. The first-order valence-electron chi connectivity index (χ1n) is 9.18. The number of urea groups is 1. The normalized spacial score (nSPS) is 14.3. The molecule has 0 saturated carbocycles. The molecule has 1 fully saturated rings. The number of para-hydroxylation sites is 2. The van der Waals surface area contributed by atoms with Gasteiger partial charge >= 0.3 is 12.4 Å². The van der Waals surface area contributed by atoms with Crippen molar-refractivity contribution in [1.29, 1.82) is 0 Å². The summed E-state index contributed by atoms with van der Waals surface area (Å²) in [7, 11) is 3.15. The Morgan fingerprint density at radius 2 is 1.67 bits per heavy atom. The lowest BCUT2D eigenvalue weighted by Gasteiger charge is -2.36. The monoisotopic (exact) mass is 425 g/mol. The molecule has 0 bridgehead atoms. The molecule has 2 amide bonds. The summed E-state index contributed by atoms with van der Waals surface area (Å²) in [6, 6.07) is 10.4. The zero-order valence-electron chi connectivity index (χ0n) is 16.5. The Morgan fingerprint density at radius 1 is 0.967 bits per heavy atom.